The average Bonchev–Trinajstić information content (AvgIpc) is 3.15. The number of amides is 1. The van der Waals surface area contributed by atoms with Crippen LogP contribution in [0.1, 0.15) is 47.2 Å². The number of hydrogen-bond acceptors (Lipinski definition) is 2. The second-order valence-corrected chi connectivity index (χ2v) is 7.56. The molecule has 4 N–H and O–H groups in total. The third-order valence-corrected chi connectivity index (χ3v) is 5.68. The van der Waals surface area contributed by atoms with Gasteiger partial charge in [0.25, 0.3) is 5.91 Å². The number of nitrogens with one attached hydrogen (secondary N) is 2. The van der Waals surface area contributed by atoms with Crippen molar-refractivity contribution >= 4 is 22.4 Å². The first kappa shape index (κ1) is 18.5. The van der Waals surface area contributed by atoms with Crippen LogP contribution in [0.4, 0.5) is 0 Å². The molecule has 0 fully saturated rings. The van der Waals surface area contributed by atoms with Crippen molar-refractivity contribution in [2.75, 3.05) is 6.54 Å². The smallest absolute Gasteiger partial charge is 0.250 e. The molecule has 1 unspecified atom stereocenters. The fraction of sp³-hybridized carbons (Fsp3) is 0.292. The van der Waals surface area contributed by atoms with E-state index in [1.807, 2.05) is 12.3 Å². The molecule has 0 saturated carbocycles. The molecule has 0 aliphatic carbocycles. The molecule has 4 heteroatoms. The SMILES string of the molecule is NC(=O)c1cccc2c(CCCCC3CC(c4ccccc4)=CCN3)c[nH]c12. The number of aromatic nitrogens is 1. The highest BCUT2D eigenvalue weighted by Crippen LogP contribution is 2.26. The van der Waals surface area contributed by atoms with Crippen molar-refractivity contribution in [1.82, 2.24) is 10.3 Å². The molecule has 0 spiro atoms. The lowest BCUT2D eigenvalue weighted by Crippen LogP contribution is -2.32. The summed E-state index contributed by atoms with van der Waals surface area (Å²) in [7, 11) is 0. The lowest BCUT2D eigenvalue weighted by Gasteiger charge is -2.24. The van der Waals surface area contributed by atoms with Gasteiger partial charge in [-0.25, -0.2) is 0 Å². The number of hydrogen-bond donors (Lipinski definition) is 3. The molecule has 2 heterocycles. The minimum absolute atomic E-state index is 0.385. The van der Waals surface area contributed by atoms with E-state index >= 15 is 0 Å². The minimum Gasteiger partial charge on any atom is -0.366 e. The summed E-state index contributed by atoms with van der Waals surface area (Å²) in [5, 5.41) is 4.74. The molecule has 0 bridgehead atoms. The Bertz CT molecular complexity index is 988. The summed E-state index contributed by atoms with van der Waals surface area (Å²) in [5.41, 5.74) is 11.0. The van der Waals surface area contributed by atoms with E-state index in [-0.39, 0.29) is 5.91 Å². The van der Waals surface area contributed by atoms with Crippen molar-refractivity contribution in [1.29, 1.82) is 0 Å². The maximum atomic E-state index is 11.6. The molecular formula is C24H27N3O. The van der Waals surface area contributed by atoms with Gasteiger partial charge in [0, 0.05) is 24.2 Å². The summed E-state index contributed by atoms with van der Waals surface area (Å²) >= 11 is 0. The van der Waals surface area contributed by atoms with E-state index in [2.05, 4.69) is 52.8 Å². The Kier molecular flexibility index (Phi) is 5.58. The maximum absolute atomic E-state index is 11.6. The number of primary amides is 1. The quantitative estimate of drug-likeness (QED) is 0.536. The summed E-state index contributed by atoms with van der Waals surface area (Å²) in [6, 6.07) is 17.0. The van der Waals surface area contributed by atoms with E-state index in [0.29, 0.717) is 11.6 Å². The van der Waals surface area contributed by atoms with E-state index in [1.165, 1.54) is 29.5 Å². The minimum atomic E-state index is -0.385. The van der Waals surface area contributed by atoms with Crippen LogP contribution in [0.25, 0.3) is 16.5 Å². The lowest BCUT2D eigenvalue weighted by molar-refractivity contribution is 0.100. The zero-order chi connectivity index (χ0) is 19.3. The van der Waals surface area contributed by atoms with E-state index in [0.717, 1.165) is 36.7 Å². The van der Waals surface area contributed by atoms with Crippen LogP contribution in [0, 0.1) is 0 Å². The van der Waals surface area contributed by atoms with E-state index < -0.39 is 0 Å². The lowest BCUT2D eigenvalue weighted by atomic mass is 9.92. The van der Waals surface area contributed by atoms with Gasteiger partial charge in [-0.3, -0.25) is 4.79 Å². The van der Waals surface area contributed by atoms with E-state index in [1.54, 1.807) is 6.07 Å². The summed E-state index contributed by atoms with van der Waals surface area (Å²) in [6.45, 7) is 0.952. The number of fused-ring (bicyclic) bond motifs is 1. The molecule has 1 aromatic heterocycles. The number of carbonyl (C=O) groups excluding carboxylic acids is 1. The predicted molar refractivity (Wildman–Crippen MR) is 115 cm³/mol. The summed E-state index contributed by atoms with van der Waals surface area (Å²) in [5.74, 6) is -0.385. The predicted octanol–water partition coefficient (Wildman–Crippen LogP) is 4.43. The number of aromatic amines is 1. The van der Waals surface area contributed by atoms with Crippen LogP contribution >= 0.6 is 0 Å². The maximum Gasteiger partial charge on any atom is 0.250 e. The third kappa shape index (κ3) is 4.02. The summed E-state index contributed by atoms with van der Waals surface area (Å²) in [4.78, 5) is 14.8. The van der Waals surface area contributed by atoms with Gasteiger partial charge in [-0.15, -0.1) is 0 Å². The Balaban J connectivity index is 1.31. The van der Waals surface area contributed by atoms with Crippen LogP contribution < -0.4 is 11.1 Å². The van der Waals surface area contributed by atoms with Crippen LogP contribution in [0.5, 0.6) is 0 Å². The Morgan fingerprint density at radius 3 is 2.75 bits per heavy atom. The number of benzene rings is 2. The zero-order valence-electron chi connectivity index (χ0n) is 16.1. The molecular weight excluding hydrogens is 346 g/mol. The van der Waals surface area contributed by atoms with Crippen LogP contribution in [-0.4, -0.2) is 23.5 Å². The van der Waals surface area contributed by atoms with E-state index in [9.17, 15) is 4.79 Å². The van der Waals surface area contributed by atoms with Crippen LogP contribution in [0.3, 0.4) is 0 Å². The van der Waals surface area contributed by atoms with Gasteiger partial charge in [-0.05, 0) is 48.4 Å². The van der Waals surface area contributed by atoms with Gasteiger partial charge in [0.1, 0.15) is 0 Å². The topological polar surface area (TPSA) is 70.9 Å². The van der Waals surface area contributed by atoms with Gasteiger partial charge < -0.3 is 16.0 Å². The molecule has 1 aliphatic heterocycles. The van der Waals surface area contributed by atoms with E-state index in [4.69, 9.17) is 5.73 Å². The highest BCUT2D eigenvalue weighted by molar-refractivity contribution is 6.05. The van der Waals surface area contributed by atoms with Crippen LogP contribution in [-0.2, 0) is 6.42 Å². The first-order chi connectivity index (χ1) is 13.7. The first-order valence-electron chi connectivity index (χ1n) is 10.1. The van der Waals surface area contributed by atoms with Gasteiger partial charge in [-0.1, -0.05) is 55.0 Å². The number of unbranched alkanes of at least 4 members (excludes halogenated alkanes) is 1. The van der Waals surface area contributed by atoms with Crippen molar-refractivity contribution in [3.63, 3.8) is 0 Å². The largest absolute Gasteiger partial charge is 0.366 e. The highest BCUT2D eigenvalue weighted by atomic mass is 16.1. The summed E-state index contributed by atoms with van der Waals surface area (Å²) in [6.07, 6.45) is 9.94. The molecule has 0 saturated heterocycles. The van der Waals surface area contributed by atoms with Gasteiger partial charge in [0.2, 0.25) is 0 Å². The molecule has 4 nitrogen and oxygen atoms in total. The van der Waals surface area contributed by atoms with Gasteiger partial charge in [0.05, 0.1) is 11.1 Å². The molecule has 0 radical (unpaired) electrons. The normalized spacial score (nSPS) is 16.9. The fourth-order valence-corrected chi connectivity index (χ4v) is 4.19. The summed E-state index contributed by atoms with van der Waals surface area (Å²) < 4.78 is 0. The van der Waals surface area contributed by atoms with Crippen molar-refractivity contribution < 1.29 is 4.79 Å². The number of para-hydroxylation sites is 1. The third-order valence-electron chi connectivity index (χ3n) is 5.68. The fourth-order valence-electron chi connectivity index (χ4n) is 4.19. The number of carbonyl (C=O) groups is 1. The Hall–Kier alpha value is -2.85. The molecule has 2 aromatic carbocycles. The van der Waals surface area contributed by atoms with Crippen LogP contribution in [0.15, 0.2) is 60.8 Å². The highest BCUT2D eigenvalue weighted by Gasteiger charge is 2.16. The van der Waals surface area contributed by atoms with Crippen molar-refractivity contribution in [3.8, 4) is 0 Å². The second kappa shape index (κ2) is 8.44. The van der Waals surface area contributed by atoms with Gasteiger partial charge >= 0.3 is 0 Å². The Labute approximate surface area is 165 Å². The standard InChI is InChI=1S/C24H27N3O/c25-24(28)22-12-6-11-21-19(16-27-23(21)22)9-4-5-10-20-15-18(13-14-26-20)17-7-2-1-3-8-17/h1-3,6-8,11-13,16,20,26-27H,4-5,9-10,14-15H2,(H2,25,28). The molecule has 1 aliphatic rings. The van der Waals surface area contributed by atoms with Crippen LogP contribution in [0.2, 0.25) is 0 Å². The monoisotopic (exact) mass is 373 g/mol. The first-order valence-corrected chi connectivity index (χ1v) is 10.1. The number of H-pyrrole nitrogens is 1. The number of rotatable bonds is 7. The molecule has 144 valence electrons. The molecule has 28 heavy (non-hydrogen) atoms. The van der Waals surface area contributed by atoms with Crippen molar-refractivity contribution in [2.24, 2.45) is 5.73 Å². The Morgan fingerprint density at radius 2 is 1.93 bits per heavy atom. The zero-order valence-corrected chi connectivity index (χ0v) is 16.1. The van der Waals surface area contributed by atoms with Crippen molar-refractivity contribution in [2.45, 2.75) is 38.1 Å². The Morgan fingerprint density at radius 1 is 1.07 bits per heavy atom. The van der Waals surface area contributed by atoms with Gasteiger partial charge in [-0.2, -0.15) is 0 Å². The number of nitrogens with two attached hydrogens (primary N) is 1. The average molecular weight is 373 g/mol. The van der Waals surface area contributed by atoms with Crippen molar-refractivity contribution in [3.05, 3.63) is 77.5 Å². The molecule has 4 rings (SSSR count). The number of aryl methyl sites for hydroxylation is 1. The molecule has 1 amide bonds. The molecule has 3 aromatic rings. The molecule has 1 atom stereocenters. The second-order valence-electron chi connectivity index (χ2n) is 7.56. The van der Waals surface area contributed by atoms with Gasteiger partial charge in [0.15, 0.2) is 0 Å².